The van der Waals surface area contributed by atoms with Gasteiger partial charge in [0.2, 0.25) is 5.78 Å². The molecule has 1 aliphatic carbocycles. The summed E-state index contributed by atoms with van der Waals surface area (Å²) >= 11 is 0. The predicted molar refractivity (Wildman–Crippen MR) is 85.8 cm³/mol. The maximum absolute atomic E-state index is 4.48. The Morgan fingerprint density at radius 2 is 2.04 bits per heavy atom. The molecule has 3 aromatic heterocycles. The first-order chi connectivity index (χ1) is 11.4. The summed E-state index contributed by atoms with van der Waals surface area (Å²) in [5, 5.41) is 12.0. The zero-order valence-corrected chi connectivity index (χ0v) is 13.1. The maximum atomic E-state index is 4.48. The van der Waals surface area contributed by atoms with Crippen LogP contribution in [0.2, 0.25) is 0 Å². The fourth-order valence-corrected chi connectivity index (χ4v) is 3.17. The fourth-order valence-electron chi connectivity index (χ4n) is 3.17. The van der Waals surface area contributed by atoms with Crippen molar-refractivity contribution in [2.24, 2.45) is 0 Å². The molecule has 23 heavy (non-hydrogen) atoms. The zero-order chi connectivity index (χ0) is 15.5. The molecule has 0 bridgehead atoms. The molecule has 1 aliphatic rings. The Hall–Kier alpha value is -2.28. The van der Waals surface area contributed by atoms with E-state index in [2.05, 4.69) is 25.6 Å². The van der Waals surface area contributed by atoms with Crippen LogP contribution < -0.4 is 5.32 Å². The molecule has 1 fully saturated rings. The number of hydrogen-bond donors (Lipinski definition) is 1. The third kappa shape index (κ3) is 3.39. The van der Waals surface area contributed by atoms with E-state index in [0.29, 0.717) is 18.4 Å². The zero-order valence-electron chi connectivity index (χ0n) is 13.1. The van der Waals surface area contributed by atoms with Crippen molar-refractivity contribution < 1.29 is 0 Å². The third-order valence-electron chi connectivity index (χ3n) is 4.37. The van der Waals surface area contributed by atoms with E-state index in [-0.39, 0.29) is 0 Å². The first-order valence-electron chi connectivity index (χ1n) is 8.28. The molecule has 3 aromatic rings. The summed E-state index contributed by atoms with van der Waals surface area (Å²) in [5.74, 6) is 0.710. The lowest BCUT2D eigenvalue weighted by atomic mass is 9.95. The van der Waals surface area contributed by atoms with Crippen LogP contribution in [-0.4, -0.2) is 35.4 Å². The Labute approximate surface area is 134 Å². The van der Waals surface area contributed by atoms with Gasteiger partial charge >= 0.3 is 0 Å². The van der Waals surface area contributed by atoms with E-state index >= 15 is 0 Å². The Morgan fingerprint density at radius 3 is 2.91 bits per heavy atom. The summed E-state index contributed by atoms with van der Waals surface area (Å²) in [6, 6.07) is 2.53. The molecule has 0 aromatic carbocycles. The summed E-state index contributed by atoms with van der Waals surface area (Å²) in [7, 11) is 0. The van der Waals surface area contributed by atoms with Gasteiger partial charge in [-0.1, -0.05) is 24.5 Å². The van der Waals surface area contributed by atoms with Gasteiger partial charge in [0.1, 0.15) is 0 Å². The minimum absolute atomic E-state index is 0.611. The van der Waals surface area contributed by atoms with Crippen LogP contribution in [0.25, 0.3) is 5.78 Å². The minimum atomic E-state index is 0.611. The SMILES string of the molecule is c1cnc2nc(Cn3cc(CNC4CCCCC4)nn3)cn2c1. The molecule has 0 atom stereocenters. The van der Waals surface area contributed by atoms with Gasteiger partial charge in [0, 0.05) is 31.2 Å². The number of imidazole rings is 1. The summed E-state index contributed by atoms with van der Waals surface area (Å²) in [6.07, 6.45) is 14.3. The van der Waals surface area contributed by atoms with Crippen molar-refractivity contribution >= 4 is 5.78 Å². The Morgan fingerprint density at radius 1 is 1.13 bits per heavy atom. The van der Waals surface area contributed by atoms with E-state index in [9.17, 15) is 0 Å². The second-order valence-electron chi connectivity index (χ2n) is 6.18. The molecule has 0 aliphatic heterocycles. The molecule has 1 N–H and O–H groups in total. The molecule has 0 spiro atoms. The van der Waals surface area contributed by atoms with Crippen LogP contribution >= 0.6 is 0 Å². The van der Waals surface area contributed by atoms with E-state index in [1.807, 2.05) is 33.7 Å². The van der Waals surface area contributed by atoms with E-state index in [1.165, 1.54) is 32.1 Å². The monoisotopic (exact) mass is 311 g/mol. The second kappa shape index (κ2) is 6.45. The highest BCUT2D eigenvalue weighted by atomic mass is 15.4. The van der Waals surface area contributed by atoms with Crippen LogP contribution in [0.1, 0.15) is 43.5 Å². The highest BCUT2D eigenvalue weighted by Gasteiger charge is 2.13. The second-order valence-corrected chi connectivity index (χ2v) is 6.18. The summed E-state index contributed by atoms with van der Waals surface area (Å²) in [5.41, 5.74) is 1.91. The van der Waals surface area contributed by atoms with Gasteiger partial charge in [-0.25, -0.2) is 14.6 Å². The van der Waals surface area contributed by atoms with Crippen molar-refractivity contribution in [2.75, 3.05) is 0 Å². The normalized spacial score (nSPS) is 16.2. The molecule has 0 saturated heterocycles. The van der Waals surface area contributed by atoms with Gasteiger partial charge in [0.05, 0.1) is 24.1 Å². The van der Waals surface area contributed by atoms with Crippen LogP contribution in [-0.2, 0) is 13.1 Å². The van der Waals surface area contributed by atoms with Crippen LogP contribution in [0.15, 0.2) is 30.9 Å². The number of hydrogen-bond acceptors (Lipinski definition) is 5. The van der Waals surface area contributed by atoms with Crippen molar-refractivity contribution in [3.8, 4) is 0 Å². The molecule has 3 heterocycles. The first kappa shape index (κ1) is 14.3. The van der Waals surface area contributed by atoms with Gasteiger partial charge in [0.25, 0.3) is 0 Å². The Bertz CT molecular complexity index is 736. The standard InChI is InChI=1S/C16H21N7/c1-2-5-13(6-3-1)18-9-14-11-23(21-20-14)12-15-10-22-8-4-7-17-16(22)19-15/h4,7-8,10-11,13,18H,1-3,5-6,9,12H2. The van der Waals surface area contributed by atoms with Gasteiger partial charge in [-0.2, -0.15) is 0 Å². The topological polar surface area (TPSA) is 72.9 Å². The maximum Gasteiger partial charge on any atom is 0.233 e. The van der Waals surface area contributed by atoms with E-state index in [0.717, 1.165) is 17.9 Å². The van der Waals surface area contributed by atoms with Crippen molar-refractivity contribution in [1.29, 1.82) is 0 Å². The lowest BCUT2D eigenvalue weighted by Gasteiger charge is -2.22. The molecule has 0 amide bonds. The number of nitrogens with zero attached hydrogens (tertiary/aromatic N) is 6. The molecular formula is C16H21N7. The number of rotatable bonds is 5. The van der Waals surface area contributed by atoms with E-state index in [4.69, 9.17) is 0 Å². The minimum Gasteiger partial charge on any atom is -0.308 e. The van der Waals surface area contributed by atoms with Gasteiger partial charge in [-0.05, 0) is 18.9 Å². The van der Waals surface area contributed by atoms with Crippen LogP contribution in [0, 0.1) is 0 Å². The molecule has 0 unspecified atom stereocenters. The van der Waals surface area contributed by atoms with Crippen molar-refractivity contribution in [3.05, 3.63) is 42.2 Å². The Kier molecular flexibility index (Phi) is 4.02. The van der Waals surface area contributed by atoms with Crippen LogP contribution in [0.3, 0.4) is 0 Å². The molecule has 0 radical (unpaired) electrons. The van der Waals surface area contributed by atoms with Crippen LogP contribution in [0.4, 0.5) is 0 Å². The highest BCUT2D eigenvalue weighted by Crippen LogP contribution is 2.17. The lowest BCUT2D eigenvalue weighted by molar-refractivity contribution is 0.371. The van der Waals surface area contributed by atoms with Gasteiger partial charge in [0.15, 0.2) is 0 Å². The molecule has 7 nitrogen and oxygen atoms in total. The number of aromatic nitrogens is 6. The highest BCUT2D eigenvalue weighted by molar-refractivity contribution is 5.29. The Balaban J connectivity index is 1.37. The smallest absolute Gasteiger partial charge is 0.233 e. The number of fused-ring (bicyclic) bond motifs is 1. The van der Waals surface area contributed by atoms with Gasteiger partial charge < -0.3 is 5.32 Å². The number of nitrogens with one attached hydrogen (secondary N) is 1. The van der Waals surface area contributed by atoms with Crippen molar-refractivity contribution in [2.45, 2.75) is 51.2 Å². The van der Waals surface area contributed by atoms with Crippen molar-refractivity contribution in [1.82, 2.24) is 34.7 Å². The van der Waals surface area contributed by atoms with Crippen molar-refractivity contribution in [3.63, 3.8) is 0 Å². The average Bonchev–Trinajstić information content (AvgIpc) is 3.20. The molecule has 1 saturated carbocycles. The van der Waals surface area contributed by atoms with Gasteiger partial charge in [-0.15, -0.1) is 5.10 Å². The lowest BCUT2D eigenvalue weighted by Crippen LogP contribution is -2.30. The summed E-state index contributed by atoms with van der Waals surface area (Å²) in [4.78, 5) is 8.71. The summed E-state index contributed by atoms with van der Waals surface area (Å²) in [6.45, 7) is 1.40. The molecule has 7 heteroatoms. The fraction of sp³-hybridized carbons (Fsp3) is 0.500. The third-order valence-corrected chi connectivity index (χ3v) is 4.37. The first-order valence-corrected chi connectivity index (χ1v) is 8.28. The quantitative estimate of drug-likeness (QED) is 0.778. The summed E-state index contributed by atoms with van der Waals surface area (Å²) < 4.78 is 3.75. The molecular weight excluding hydrogens is 290 g/mol. The molecule has 120 valence electrons. The predicted octanol–water partition coefficient (Wildman–Crippen LogP) is 1.79. The van der Waals surface area contributed by atoms with Crippen LogP contribution in [0.5, 0.6) is 0 Å². The average molecular weight is 311 g/mol. The largest absolute Gasteiger partial charge is 0.308 e. The molecule has 4 rings (SSSR count). The van der Waals surface area contributed by atoms with E-state index < -0.39 is 0 Å². The van der Waals surface area contributed by atoms with Gasteiger partial charge in [-0.3, -0.25) is 4.40 Å². The van der Waals surface area contributed by atoms with E-state index in [1.54, 1.807) is 6.20 Å².